The Balaban J connectivity index is 2.00. The van der Waals surface area contributed by atoms with Crippen molar-refractivity contribution in [1.29, 1.82) is 0 Å². The van der Waals surface area contributed by atoms with Gasteiger partial charge in [0.15, 0.2) is 5.82 Å². The standard InChI is InChI=1S/C14H23N3O3/c1-3-4-7-11-15-12(20-16-11)9-17-8-5-6-10(2)13(17)14(18)19/h10,13H,3-9H2,1-2H3,(H,18,19). The summed E-state index contributed by atoms with van der Waals surface area (Å²) in [5.41, 5.74) is 0. The molecule has 0 spiro atoms. The number of carboxylic acid groups (broad SMARTS) is 1. The third-order valence-electron chi connectivity index (χ3n) is 3.89. The molecule has 2 heterocycles. The molecule has 1 N–H and O–H groups in total. The van der Waals surface area contributed by atoms with Crippen LogP contribution in [0, 0.1) is 5.92 Å². The average molecular weight is 281 g/mol. The quantitative estimate of drug-likeness (QED) is 0.860. The fourth-order valence-corrected chi connectivity index (χ4v) is 2.81. The molecule has 2 atom stereocenters. The highest BCUT2D eigenvalue weighted by Crippen LogP contribution is 2.24. The van der Waals surface area contributed by atoms with Gasteiger partial charge in [-0.2, -0.15) is 4.98 Å². The number of carbonyl (C=O) groups is 1. The van der Waals surface area contributed by atoms with E-state index in [-0.39, 0.29) is 5.92 Å². The summed E-state index contributed by atoms with van der Waals surface area (Å²) in [5.74, 6) is 0.641. The molecule has 0 amide bonds. The van der Waals surface area contributed by atoms with Crippen LogP contribution in [0.25, 0.3) is 0 Å². The molecule has 0 bridgehead atoms. The number of hydrogen-bond acceptors (Lipinski definition) is 5. The molecule has 1 aliphatic heterocycles. The normalized spacial score (nSPS) is 23.9. The number of aryl methyl sites for hydroxylation is 1. The number of carboxylic acids is 1. The molecule has 1 aromatic heterocycles. The van der Waals surface area contributed by atoms with Crippen molar-refractivity contribution < 1.29 is 14.4 Å². The Morgan fingerprint density at radius 1 is 1.55 bits per heavy atom. The van der Waals surface area contributed by atoms with Crippen LogP contribution in [0.1, 0.15) is 51.2 Å². The van der Waals surface area contributed by atoms with Crippen LogP contribution in [0.3, 0.4) is 0 Å². The molecule has 6 nitrogen and oxygen atoms in total. The van der Waals surface area contributed by atoms with Gasteiger partial charge < -0.3 is 9.63 Å². The maximum Gasteiger partial charge on any atom is 0.321 e. The van der Waals surface area contributed by atoms with Gasteiger partial charge >= 0.3 is 5.97 Å². The highest BCUT2D eigenvalue weighted by molar-refractivity contribution is 5.74. The van der Waals surface area contributed by atoms with Gasteiger partial charge in [0, 0.05) is 6.42 Å². The zero-order valence-corrected chi connectivity index (χ0v) is 12.2. The number of likely N-dealkylation sites (tertiary alicyclic amines) is 1. The predicted molar refractivity (Wildman–Crippen MR) is 73.1 cm³/mol. The van der Waals surface area contributed by atoms with Gasteiger partial charge in [-0.25, -0.2) is 0 Å². The lowest BCUT2D eigenvalue weighted by atomic mass is 9.91. The van der Waals surface area contributed by atoms with Crippen LogP contribution in [0.5, 0.6) is 0 Å². The maximum absolute atomic E-state index is 11.4. The van der Waals surface area contributed by atoms with Gasteiger partial charge in [-0.1, -0.05) is 25.4 Å². The van der Waals surface area contributed by atoms with Gasteiger partial charge in [0.1, 0.15) is 6.04 Å². The SMILES string of the molecule is CCCCc1noc(CN2CCCC(C)C2C(=O)O)n1. The zero-order chi connectivity index (χ0) is 14.5. The van der Waals surface area contributed by atoms with Crippen LogP contribution in [-0.4, -0.2) is 38.7 Å². The summed E-state index contributed by atoms with van der Waals surface area (Å²) >= 11 is 0. The molecule has 2 rings (SSSR count). The summed E-state index contributed by atoms with van der Waals surface area (Å²) in [7, 11) is 0. The summed E-state index contributed by atoms with van der Waals surface area (Å²) in [5, 5.41) is 13.3. The predicted octanol–water partition coefficient (Wildman–Crippen LogP) is 2.10. The topological polar surface area (TPSA) is 79.5 Å². The van der Waals surface area contributed by atoms with E-state index in [9.17, 15) is 9.90 Å². The fraction of sp³-hybridized carbons (Fsp3) is 0.786. The lowest BCUT2D eigenvalue weighted by Gasteiger charge is -2.36. The molecular formula is C14H23N3O3. The van der Waals surface area contributed by atoms with Crippen LogP contribution >= 0.6 is 0 Å². The van der Waals surface area contributed by atoms with E-state index in [1.807, 2.05) is 11.8 Å². The zero-order valence-electron chi connectivity index (χ0n) is 12.2. The van der Waals surface area contributed by atoms with Crippen LogP contribution in [-0.2, 0) is 17.8 Å². The van der Waals surface area contributed by atoms with Crippen molar-refractivity contribution in [2.75, 3.05) is 6.54 Å². The molecule has 1 aliphatic rings. The lowest BCUT2D eigenvalue weighted by Crippen LogP contribution is -2.48. The Morgan fingerprint density at radius 2 is 2.35 bits per heavy atom. The minimum atomic E-state index is -0.761. The van der Waals surface area contributed by atoms with E-state index >= 15 is 0 Å². The van der Waals surface area contributed by atoms with Crippen molar-refractivity contribution in [2.24, 2.45) is 5.92 Å². The van der Waals surface area contributed by atoms with Gasteiger partial charge in [-0.05, 0) is 31.7 Å². The second-order valence-corrected chi connectivity index (χ2v) is 5.58. The average Bonchev–Trinajstić information content (AvgIpc) is 2.83. The van der Waals surface area contributed by atoms with Crippen molar-refractivity contribution in [3.63, 3.8) is 0 Å². The van der Waals surface area contributed by atoms with Crippen LogP contribution in [0.2, 0.25) is 0 Å². The number of unbranched alkanes of at least 4 members (excludes halogenated alkanes) is 1. The summed E-state index contributed by atoms with van der Waals surface area (Å²) in [6.07, 6.45) is 4.92. The first-order valence-corrected chi connectivity index (χ1v) is 7.40. The first kappa shape index (κ1) is 15.0. The largest absolute Gasteiger partial charge is 0.480 e. The summed E-state index contributed by atoms with van der Waals surface area (Å²) in [4.78, 5) is 17.7. The van der Waals surface area contributed by atoms with Gasteiger partial charge in [0.05, 0.1) is 6.54 Å². The molecule has 1 fully saturated rings. The number of aliphatic carboxylic acids is 1. The van der Waals surface area contributed by atoms with E-state index < -0.39 is 12.0 Å². The minimum Gasteiger partial charge on any atom is -0.480 e. The minimum absolute atomic E-state index is 0.156. The van der Waals surface area contributed by atoms with E-state index in [0.29, 0.717) is 12.4 Å². The van der Waals surface area contributed by atoms with Crippen molar-refractivity contribution in [3.8, 4) is 0 Å². The lowest BCUT2D eigenvalue weighted by molar-refractivity contribution is -0.147. The van der Waals surface area contributed by atoms with E-state index in [0.717, 1.165) is 44.5 Å². The second-order valence-electron chi connectivity index (χ2n) is 5.58. The van der Waals surface area contributed by atoms with Gasteiger partial charge in [-0.15, -0.1) is 0 Å². The molecule has 0 radical (unpaired) electrons. The molecule has 20 heavy (non-hydrogen) atoms. The van der Waals surface area contributed by atoms with Gasteiger partial charge in [-0.3, -0.25) is 9.69 Å². The second kappa shape index (κ2) is 6.83. The number of nitrogens with zero attached hydrogens (tertiary/aromatic N) is 3. The van der Waals surface area contributed by atoms with Crippen LogP contribution < -0.4 is 0 Å². The summed E-state index contributed by atoms with van der Waals surface area (Å²) in [6.45, 7) is 5.31. The van der Waals surface area contributed by atoms with E-state index in [4.69, 9.17) is 4.52 Å². The van der Waals surface area contributed by atoms with E-state index in [2.05, 4.69) is 17.1 Å². The molecular weight excluding hydrogens is 258 g/mol. The highest BCUT2D eigenvalue weighted by atomic mass is 16.5. The molecule has 0 aromatic carbocycles. The number of aromatic nitrogens is 2. The molecule has 1 aromatic rings. The molecule has 2 unspecified atom stereocenters. The first-order chi connectivity index (χ1) is 9.61. The molecule has 1 saturated heterocycles. The monoisotopic (exact) mass is 281 g/mol. The Morgan fingerprint density at radius 3 is 3.05 bits per heavy atom. The molecule has 6 heteroatoms. The number of rotatable bonds is 6. The first-order valence-electron chi connectivity index (χ1n) is 7.40. The van der Waals surface area contributed by atoms with Crippen molar-refractivity contribution in [1.82, 2.24) is 15.0 Å². The summed E-state index contributed by atoms with van der Waals surface area (Å²) in [6, 6.07) is -0.449. The highest BCUT2D eigenvalue weighted by Gasteiger charge is 2.34. The van der Waals surface area contributed by atoms with Crippen LogP contribution in [0.15, 0.2) is 4.52 Å². The van der Waals surface area contributed by atoms with E-state index in [1.165, 1.54) is 0 Å². The molecule has 0 aliphatic carbocycles. The Kier molecular flexibility index (Phi) is 5.11. The van der Waals surface area contributed by atoms with E-state index in [1.54, 1.807) is 0 Å². The fourth-order valence-electron chi connectivity index (χ4n) is 2.81. The summed E-state index contributed by atoms with van der Waals surface area (Å²) < 4.78 is 5.23. The Hall–Kier alpha value is -1.43. The van der Waals surface area contributed by atoms with Gasteiger partial charge in [0.2, 0.25) is 5.89 Å². The van der Waals surface area contributed by atoms with Crippen LogP contribution in [0.4, 0.5) is 0 Å². The Bertz CT molecular complexity index is 447. The third kappa shape index (κ3) is 3.56. The Labute approximate surface area is 119 Å². The number of hydrogen-bond donors (Lipinski definition) is 1. The van der Waals surface area contributed by atoms with Crippen molar-refractivity contribution in [3.05, 3.63) is 11.7 Å². The smallest absolute Gasteiger partial charge is 0.321 e. The maximum atomic E-state index is 11.4. The van der Waals surface area contributed by atoms with Crippen molar-refractivity contribution in [2.45, 2.75) is 58.5 Å². The third-order valence-corrected chi connectivity index (χ3v) is 3.89. The molecule has 0 saturated carbocycles. The van der Waals surface area contributed by atoms with Crippen molar-refractivity contribution >= 4 is 5.97 Å². The molecule has 112 valence electrons. The van der Waals surface area contributed by atoms with Gasteiger partial charge in [0.25, 0.3) is 0 Å². The number of piperidine rings is 1.